The molecule has 5 nitrogen and oxygen atoms in total. The molecule has 0 aliphatic carbocycles. The number of nitrogens with one attached hydrogen (secondary N) is 1. The molecule has 19 heavy (non-hydrogen) atoms. The van der Waals surface area contributed by atoms with Crippen LogP contribution in [-0.2, 0) is 18.4 Å². The summed E-state index contributed by atoms with van der Waals surface area (Å²) in [5.74, 6) is -0.103. The summed E-state index contributed by atoms with van der Waals surface area (Å²) < 4.78 is 1.70. The highest BCUT2D eigenvalue weighted by Crippen LogP contribution is 2.23. The number of amides is 1. The third-order valence-electron chi connectivity index (χ3n) is 3.17. The number of aromatic nitrogens is 2. The van der Waals surface area contributed by atoms with Gasteiger partial charge in [0.25, 0.3) is 0 Å². The Morgan fingerprint density at radius 3 is 2.53 bits per heavy atom. The fraction of sp³-hybridized carbons (Fsp3) is 0.714. The highest BCUT2D eigenvalue weighted by Gasteiger charge is 2.27. The lowest BCUT2D eigenvalue weighted by molar-refractivity contribution is -0.126. The number of hydrogen-bond donors (Lipinski definition) is 2. The van der Waals surface area contributed by atoms with Gasteiger partial charge in [-0.15, -0.1) is 0 Å². The Labute approximate surface area is 115 Å². The lowest BCUT2D eigenvalue weighted by Crippen LogP contribution is -2.36. The zero-order valence-corrected chi connectivity index (χ0v) is 12.1. The predicted octanol–water partition coefficient (Wildman–Crippen LogP) is 1.76. The average Bonchev–Trinajstić information content (AvgIpc) is 2.73. The SMILES string of the molecule is CCCC(O)(CCC)CC(=O)NCc1cnn(C)c1. The molecule has 108 valence electrons. The summed E-state index contributed by atoms with van der Waals surface area (Å²) in [6.45, 7) is 4.50. The number of nitrogens with zero attached hydrogens (tertiary/aromatic N) is 2. The molecule has 0 radical (unpaired) electrons. The van der Waals surface area contributed by atoms with E-state index in [4.69, 9.17) is 0 Å². The minimum atomic E-state index is -0.859. The summed E-state index contributed by atoms with van der Waals surface area (Å²) in [5.41, 5.74) is 0.105. The smallest absolute Gasteiger partial charge is 0.223 e. The lowest BCUT2D eigenvalue weighted by Gasteiger charge is -2.26. The van der Waals surface area contributed by atoms with Crippen molar-refractivity contribution in [1.82, 2.24) is 15.1 Å². The molecule has 0 saturated carbocycles. The molecule has 1 amide bonds. The highest BCUT2D eigenvalue weighted by atomic mass is 16.3. The molecular formula is C14H25N3O2. The molecule has 0 atom stereocenters. The maximum absolute atomic E-state index is 11.9. The monoisotopic (exact) mass is 267 g/mol. The normalized spacial score (nSPS) is 11.6. The second-order valence-corrected chi connectivity index (χ2v) is 5.20. The van der Waals surface area contributed by atoms with Crippen LogP contribution >= 0.6 is 0 Å². The van der Waals surface area contributed by atoms with Gasteiger partial charge < -0.3 is 10.4 Å². The molecule has 0 aliphatic rings. The van der Waals surface area contributed by atoms with E-state index in [-0.39, 0.29) is 12.3 Å². The van der Waals surface area contributed by atoms with Crippen LogP contribution in [0.4, 0.5) is 0 Å². The van der Waals surface area contributed by atoms with Crippen molar-refractivity contribution in [3.63, 3.8) is 0 Å². The van der Waals surface area contributed by atoms with Crippen LogP contribution in [0.1, 0.15) is 51.5 Å². The molecule has 0 saturated heterocycles. The van der Waals surface area contributed by atoms with E-state index in [1.54, 1.807) is 10.9 Å². The second-order valence-electron chi connectivity index (χ2n) is 5.20. The first-order valence-electron chi connectivity index (χ1n) is 6.95. The molecule has 1 heterocycles. The van der Waals surface area contributed by atoms with Crippen LogP contribution in [0.5, 0.6) is 0 Å². The second kappa shape index (κ2) is 7.28. The molecule has 2 N–H and O–H groups in total. The van der Waals surface area contributed by atoms with E-state index in [1.807, 2.05) is 27.1 Å². The van der Waals surface area contributed by atoms with Gasteiger partial charge in [-0.05, 0) is 12.8 Å². The van der Waals surface area contributed by atoms with Crippen molar-refractivity contribution in [1.29, 1.82) is 0 Å². The maximum Gasteiger partial charge on any atom is 0.223 e. The number of carbonyl (C=O) groups excluding carboxylic acids is 1. The summed E-state index contributed by atoms with van der Waals surface area (Å²) >= 11 is 0. The largest absolute Gasteiger partial charge is 0.389 e. The minimum Gasteiger partial charge on any atom is -0.389 e. The highest BCUT2D eigenvalue weighted by molar-refractivity contribution is 5.76. The third kappa shape index (κ3) is 5.42. The van der Waals surface area contributed by atoms with Gasteiger partial charge in [-0.2, -0.15) is 5.10 Å². The summed E-state index contributed by atoms with van der Waals surface area (Å²) in [6, 6.07) is 0. The summed E-state index contributed by atoms with van der Waals surface area (Å²) in [5, 5.41) is 17.3. The molecule has 0 aliphatic heterocycles. The molecule has 0 spiro atoms. The fourth-order valence-electron chi connectivity index (χ4n) is 2.36. The van der Waals surface area contributed by atoms with Crippen LogP contribution in [0.25, 0.3) is 0 Å². The molecule has 0 aromatic carbocycles. The maximum atomic E-state index is 11.9. The van der Waals surface area contributed by atoms with E-state index in [0.717, 1.165) is 18.4 Å². The Morgan fingerprint density at radius 2 is 2.05 bits per heavy atom. The van der Waals surface area contributed by atoms with E-state index in [0.29, 0.717) is 19.4 Å². The predicted molar refractivity (Wildman–Crippen MR) is 74.4 cm³/mol. The van der Waals surface area contributed by atoms with E-state index in [2.05, 4.69) is 10.4 Å². The van der Waals surface area contributed by atoms with Crippen molar-refractivity contribution in [2.24, 2.45) is 7.05 Å². The van der Waals surface area contributed by atoms with Crippen molar-refractivity contribution in [2.75, 3.05) is 0 Å². The molecule has 5 heteroatoms. The van der Waals surface area contributed by atoms with Crippen LogP contribution in [-0.4, -0.2) is 26.4 Å². The van der Waals surface area contributed by atoms with E-state index >= 15 is 0 Å². The van der Waals surface area contributed by atoms with Gasteiger partial charge in [0, 0.05) is 25.4 Å². The number of aryl methyl sites for hydroxylation is 1. The summed E-state index contributed by atoms with van der Waals surface area (Å²) in [4.78, 5) is 11.9. The molecule has 0 fully saturated rings. The van der Waals surface area contributed by atoms with Crippen LogP contribution in [0.2, 0.25) is 0 Å². The Kier molecular flexibility index (Phi) is 6.02. The summed E-state index contributed by atoms with van der Waals surface area (Å²) in [6.07, 6.45) is 6.87. The molecule has 1 aromatic heterocycles. The van der Waals surface area contributed by atoms with E-state index in [1.165, 1.54) is 0 Å². The van der Waals surface area contributed by atoms with Crippen molar-refractivity contribution >= 4 is 5.91 Å². The van der Waals surface area contributed by atoms with Gasteiger partial charge in [-0.3, -0.25) is 9.48 Å². The Hall–Kier alpha value is -1.36. The van der Waals surface area contributed by atoms with Crippen molar-refractivity contribution in [3.05, 3.63) is 18.0 Å². The van der Waals surface area contributed by atoms with Gasteiger partial charge >= 0.3 is 0 Å². The average molecular weight is 267 g/mol. The van der Waals surface area contributed by atoms with Crippen LogP contribution in [0.15, 0.2) is 12.4 Å². The van der Waals surface area contributed by atoms with Gasteiger partial charge in [0.15, 0.2) is 0 Å². The standard InChI is InChI=1S/C14H25N3O2/c1-4-6-14(19,7-5-2)8-13(18)15-9-12-10-16-17(3)11-12/h10-11,19H,4-9H2,1-3H3,(H,15,18). The Balaban J connectivity index is 2.44. The lowest BCUT2D eigenvalue weighted by atomic mass is 9.89. The summed E-state index contributed by atoms with van der Waals surface area (Å²) in [7, 11) is 1.84. The van der Waals surface area contributed by atoms with E-state index < -0.39 is 5.60 Å². The van der Waals surface area contributed by atoms with Gasteiger partial charge in [0.2, 0.25) is 5.91 Å². The number of hydrogen-bond acceptors (Lipinski definition) is 3. The first kappa shape index (κ1) is 15.7. The van der Waals surface area contributed by atoms with Gasteiger partial charge in [0.05, 0.1) is 18.2 Å². The molecule has 0 bridgehead atoms. The minimum absolute atomic E-state index is 0.103. The third-order valence-corrected chi connectivity index (χ3v) is 3.17. The van der Waals surface area contributed by atoms with Gasteiger partial charge in [0.1, 0.15) is 0 Å². The van der Waals surface area contributed by atoms with Crippen LogP contribution < -0.4 is 5.32 Å². The van der Waals surface area contributed by atoms with E-state index in [9.17, 15) is 9.90 Å². The number of rotatable bonds is 8. The molecular weight excluding hydrogens is 242 g/mol. The molecule has 0 unspecified atom stereocenters. The Bertz CT molecular complexity index is 395. The first-order valence-corrected chi connectivity index (χ1v) is 6.95. The zero-order chi connectivity index (χ0) is 14.3. The van der Waals surface area contributed by atoms with Crippen molar-refractivity contribution in [2.45, 2.75) is 58.1 Å². The zero-order valence-electron chi connectivity index (χ0n) is 12.1. The van der Waals surface area contributed by atoms with Crippen molar-refractivity contribution in [3.8, 4) is 0 Å². The first-order chi connectivity index (χ1) is 8.99. The Morgan fingerprint density at radius 1 is 1.42 bits per heavy atom. The van der Waals surface area contributed by atoms with Crippen molar-refractivity contribution < 1.29 is 9.90 Å². The van der Waals surface area contributed by atoms with Gasteiger partial charge in [-0.1, -0.05) is 26.7 Å². The van der Waals surface area contributed by atoms with Gasteiger partial charge in [-0.25, -0.2) is 0 Å². The molecule has 1 rings (SSSR count). The number of carbonyl (C=O) groups is 1. The number of aliphatic hydroxyl groups is 1. The van der Waals surface area contributed by atoms with Crippen LogP contribution in [0.3, 0.4) is 0 Å². The quantitative estimate of drug-likeness (QED) is 0.754. The topological polar surface area (TPSA) is 67.2 Å². The molecule has 1 aromatic rings. The van der Waals surface area contributed by atoms with Crippen LogP contribution in [0, 0.1) is 0 Å². The fourth-order valence-corrected chi connectivity index (χ4v) is 2.36.